The second kappa shape index (κ2) is 6.26. The standard InChI is InChI=1S/C20H17FN2O2/c21-14-7-5-13(6-8-14)19-11-17(16-3-1-2-4-18(16)22-19)20(25)23-10-9-15(24)12-23/h1-8,11,15,24H,9-10,12H2/t15-/m0/s1. The lowest BCUT2D eigenvalue weighted by Crippen LogP contribution is -2.29. The van der Waals surface area contributed by atoms with Gasteiger partial charge in [-0.15, -0.1) is 0 Å². The summed E-state index contributed by atoms with van der Waals surface area (Å²) in [5.41, 5.74) is 2.65. The monoisotopic (exact) mass is 336 g/mol. The molecule has 1 amide bonds. The van der Waals surface area contributed by atoms with Crippen LogP contribution in [0.2, 0.25) is 0 Å². The molecule has 126 valence electrons. The van der Waals surface area contributed by atoms with Gasteiger partial charge in [-0.05, 0) is 42.8 Å². The third-order valence-corrected chi connectivity index (χ3v) is 4.54. The summed E-state index contributed by atoms with van der Waals surface area (Å²) in [6.07, 6.45) is 0.133. The highest BCUT2D eigenvalue weighted by Gasteiger charge is 2.27. The number of benzene rings is 2. The number of rotatable bonds is 2. The summed E-state index contributed by atoms with van der Waals surface area (Å²) in [6.45, 7) is 0.893. The zero-order valence-electron chi connectivity index (χ0n) is 13.5. The zero-order valence-corrected chi connectivity index (χ0v) is 13.5. The summed E-state index contributed by atoms with van der Waals surface area (Å²) in [7, 11) is 0. The van der Waals surface area contributed by atoms with Crippen molar-refractivity contribution in [3.05, 3.63) is 66.0 Å². The van der Waals surface area contributed by atoms with Gasteiger partial charge in [0.15, 0.2) is 0 Å². The molecule has 0 saturated carbocycles. The Morgan fingerprint density at radius 3 is 2.64 bits per heavy atom. The van der Waals surface area contributed by atoms with E-state index in [0.717, 1.165) is 10.9 Å². The van der Waals surface area contributed by atoms with Crippen molar-refractivity contribution in [2.45, 2.75) is 12.5 Å². The van der Waals surface area contributed by atoms with E-state index >= 15 is 0 Å². The molecule has 1 aliphatic heterocycles. The number of fused-ring (bicyclic) bond motifs is 1. The SMILES string of the molecule is O=C(c1cc(-c2ccc(F)cc2)nc2ccccc12)N1CC[C@H](O)C1. The minimum absolute atomic E-state index is 0.112. The predicted molar refractivity (Wildman–Crippen MR) is 93.7 cm³/mol. The molecule has 0 aliphatic carbocycles. The van der Waals surface area contributed by atoms with Gasteiger partial charge in [-0.2, -0.15) is 0 Å². The van der Waals surface area contributed by atoms with Crippen LogP contribution in [0.4, 0.5) is 4.39 Å². The Labute approximate surface area is 144 Å². The van der Waals surface area contributed by atoms with Gasteiger partial charge in [0.25, 0.3) is 5.91 Å². The lowest BCUT2D eigenvalue weighted by molar-refractivity contribution is 0.0767. The molecule has 0 unspecified atom stereocenters. The van der Waals surface area contributed by atoms with E-state index in [1.165, 1.54) is 12.1 Å². The zero-order chi connectivity index (χ0) is 17.4. The van der Waals surface area contributed by atoms with E-state index in [-0.39, 0.29) is 11.7 Å². The smallest absolute Gasteiger partial charge is 0.254 e. The van der Waals surface area contributed by atoms with Crippen molar-refractivity contribution in [1.29, 1.82) is 0 Å². The highest BCUT2D eigenvalue weighted by molar-refractivity contribution is 6.07. The Hall–Kier alpha value is -2.79. The first-order valence-corrected chi connectivity index (χ1v) is 8.25. The first-order chi connectivity index (χ1) is 12.1. The van der Waals surface area contributed by atoms with E-state index in [1.807, 2.05) is 24.3 Å². The molecule has 1 fully saturated rings. The summed E-state index contributed by atoms with van der Waals surface area (Å²) in [6, 6.07) is 15.3. The highest BCUT2D eigenvalue weighted by atomic mass is 19.1. The number of aliphatic hydroxyl groups is 1. The second-order valence-corrected chi connectivity index (χ2v) is 6.27. The Kier molecular flexibility index (Phi) is 3.93. The van der Waals surface area contributed by atoms with Crippen LogP contribution in [0, 0.1) is 5.82 Å². The highest BCUT2D eigenvalue weighted by Crippen LogP contribution is 2.27. The van der Waals surface area contributed by atoms with Crippen molar-refractivity contribution >= 4 is 16.8 Å². The molecule has 2 heterocycles. The van der Waals surface area contributed by atoms with Gasteiger partial charge in [-0.3, -0.25) is 4.79 Å². The van der Waals surface area contributed by atoms with Crippen molar-refractivity contribution in [3.8, 4) is 11.3 Å². The molecule has 1 atom stereocenters. The summed E-state index contributed by atoms with van der Waals surface area (Å²) in [5, 5.41) is 10.5. The number of pyridine rings is 1. The maximum Gasteiger partial charge on any atom is 0.254 e. The van der Waals surface area contributed by atoms with Gasteiger partial charge >= 0.3 is 0 Å². The van der Waals surface area contributed by atoms with Gasteiger partial charge in [0.05, 0.1) is 22.9 Å². The van der Waals surface area contributed by atoms with Crippen LogP contribution in [0.1, 0.15) is 16.8 Å². The van der Waals surface area contributed by atoms with Crippen molar-refractivity contribution in [2.24, 2.45) is 0 Å². The number of para-hydroxylation sites is 1. The normalized spacial score (nSPS) is 17.2. The van der Waals surface area contributed by atoms with E-state index in [1.54, 1.807) is 23.1 Å². The third kappa shape index (κ3) is 2.98. The number of carbonyl (C=O) groups excluding carboxylic acids is 1. The molecule has 4 rings (SSSR count). The molecular formula is C20H17FN2O2. The van der Waals surface area contributed by atoms with E-state index in [9.17, 15) is 14.3 Å². The molecule has 4 nitrogen and oxygen atoms in total. The van der Waals surface area contributed by atoms with Gasteiger partial charge in [0.1, 0.15) is 5.82 Å². The van der Waals surface area contributed by atoms with Crippen LogP contribution in [0.25, 0.3) is 22.2 Å². The number of nitrogens with zero attached hydrogens (tertiary/aromatic N) is 2. The molecule has 1 saturated heterocycles. The van der Waals surface area contributed by atoms with Crippen molar-refractivity contribution in [1.82, 2.24) is 9.88 Å². The molecule has 0 radical (unpaired) electrons. The summed E-state index contributed by atoms with van der Waals surface area (Å²) in [5.74, 6) is -0.426. The molecule has 0 bridgehead atoms. The average Bonchev–Trinajstić information content (AvgIpc) is 3.07. The van der Waals surface area contributed by atoms with Gasteiger partial charge in [0, 0.05) is 24.0 Å². The Bertz CT molecular complexity index is 940. The number of likely N-dealkylation sites (tertiary alicyclic amines) is 1. The summed E-state index contributed by atoms with van der Waals surface area (Å²) < 4.78 is 13.2. The number of hydrogen-bond acceptors (Lipinski definition) is 3. The number of carbonyl (C=O) groups is 1. The molecule has 25 heavy (non-hydrogen) atoms. The number of hydrogen-bond donors (Lipinski definition) is 1. The first kappa shape index (κ1) is 15.7. The van der Waals surface area contributed by atoms with Crippen molar-refractivity contribution in [3.63, 3.8) is 0 Å². The topological polar surface area (TPSA) is 53.4 Å². The molecular weight excluding hydrogens is 319 g/mol. The van der Waals surface area contributed by atoms with E-state index in [0.29, 0.717) is 36.3 Å². The molecule has 1 aromatic heterocycles. The maximum absolute atomic E-state index is 13.2. The molecule has 0 spiro atoms. The number of amides is 1. The largest absolute Gasteiger partial charge is 0.391 e. The lowest BCUT2D eigenvalue weighted by Gasteiger charge is -2.17. The third-order valence-electron chi connectivity index (χ3n) is 4.54. The fourth-order valence-electron chi connectivity index (χ4n) is 3.22. The van der Waals surface area contributed by atoms with Crippen LogP contribution in [0.3, 0.4) is 0 Å². The quantitative estimate of drug-likeness (QED) is 0.782. The van der Waals surface area contributed by atoms with Crippen LogP contribution in [-0.4, -0.2) is 40.1 Å². The minimum atomic E-state index is -0.464. The maximum atomic E-state index is 13.2. The van der Waals surface area contributed by atoms with Crippen molar-refractivity contribution in [2.75, 3.05) is 13.1 Å². The predicted octanol–water partition coefficient (Wildman–Crippen LogP) is 3.25. The van der Waals surface area contributed by atoms with Crippen LogP contribution in [0.5, 0.6) is 0 Å². The number of β-amino-alcohol motifs (C(OH)–C–C–N with tert-alkyl or cyclic N) is 1. The van der Waals surface area contributed by atoms with Crippen LogP contribution in [-0.2, 0) is 0 Å². The minimum Gasteiger partial charge on any atom is -0.391 e. The van der Waals surface area contributed by atoms with Crippen LogP contribution in [0.15, 0.2) is 54.6 Å². The fraction of sp³-hybridized carbons (Fsp3) is 0.200. The van der Waals surface area contributed by atoms with Crippen LogP contribution < -0.4 is 0 Å². The summed E-state index contributed by atoms with van der Waals surface area (Å²) >= 11 is 0. The molecule has 2 aromatic carbocycles. The van der Waals surface area contributed by atoms with Gasteiger partial charge in [-0.1, -0.05) is 18.2 Å². The van der Waals surface area contributed by atoms with E-state index in [2.05, 4.69) is 4.98 Å². The number of halogens is 1. The van der Waals surface area contributed by atoms with E-state index in [4.69, 9.17) is 0 Å². The molecule has 5 heteroatoms. The van der Waals surface area contributed by atoms with Crippen LogP contribution >= 0.6 is 0 Å². The Balaban J connectivity index is 1.84. The average molecular weight is 336 g/mol. The second-order valence-electron chi connectivity index (χ2n) is 6.27. The van der Waals surface area contributed by atoms with Gasteiger partial charge < -0.3 is 10.0 Å². The van der Waals surface area contributed by atoms with E-state index < -0.39 is 6.10 Å². The fourth-order valence-corrected chi connectivity index (χ4v) is 3.22. The molecule has 1 N–H and O–H groups in total. The Morgan fingerprint density at radius 2 is 1.92 bits per heavy atom. The lowest BCUT2D eigenvalue weighted by atomic mass is 10.0. The molecule has 3 aromatic rings. The number of aliphatic hydroxyl groups excluding tert-OH is 1. The first-order valence-electron chi connectivity index (χ1n) is 8.25. The Morgan fingerprint density at radius 1 is 1.16 bits per heavy atom. The molecule has 1 aliphatic rings. The summed E-state index contributed by atoms with van der Waals surface area (Å²) in [4.78, 5) is 19.3. The van der Waals surface area contributed by atoms with Gasteiger partial charge in [-0.25, -0.2) is 9.37 Å². The van der Waals surface area contributed by atoms with Crippen molar-refractivity contribution < 1.29 is 14.3 Å². The number of aromatic nitrogens is 1. The van der Waals surface area contributed by atoms with Gasteiger partial charge in [0.2, 0.25) is 0 Å².